The second kappa shape index (κ2) is 7.30. The zero-order valence-corrected chi connectivity index (χ0v) is 15.7. The Bertz CT molecular complexity index is 1020. The normalized spacial score (nSPS) is 11.1. The Morgan fingerprint density at radius 2 is 1.88 bits per heavy atom. The van der Waals surface area contributed by atoms with Gasteiger partial charge in [-0.1, -0.05) is 37.6 Å². The molecule has 0 atom stereocenters. The molecular formula is C20H20ClN3O2. The van der Waals surface area contributed by atoms with Crippen LogP contribution in [0.15, 0.2) is 47.3 Å². The number of hydrogen-bond donors (Lipinski definition) is 1. The van der Waals surface area contributed by atoms with Crippen molar-refractivity contribution in [2.75, 3.05) is 5.32 Å². The van der Waals surface area contributed by atoms with E-state index in [2.05, 4.69) is 24.3 Å². The fourth-order valence-corrected chi connectivity index (χ4v) is 2.97. The summed E-state index contributed by atoms with van der Waals surface area (Å²) >= 11 is 6.02. The molecule has 1 N–H and O–H groups in total. The van der Waals surface area contributed by atoms with Crippen LogP contribution in [0.5, 0.6) is 0 Å². The van der Waals surface area contributed by atoms with E-state index >= 15 is 0 Å². The molecule has 5 nitrogen and oxygen atoms in total. The van der Waals surface area contributed by atoms with Crippen molar-refractivity contribution in [2.24, 2.45) is 0 Å². The van der Waals surface area contributed by atoms with Crippen LogP contribution in [0.2, 0.25) is 5.02 Å². The van der Waals surface area contributed by atoms with Crippen LogP contribution in [0.25, 0.3) is 10.9 Å². The molecule has 2 aromatic carbocycles. The van der Waals surface area contributed by atoms with Crippen LogP contribution in [0.1, 0.15) is 42.7 Å². The number of anilines is 1. The predicted molar refractivity (Wildman–Crippen MR) is 105 cm³/mol. The lowest BCUT2D eigenvalue weighted by atomic mass is 10.0. The van der Waals surface area contributed by atoms with E-state index in [0.717, 1.165) is 0 Å². The first kappa shape index (κ1) is 18.1. The summed E-state index contributed by atoms with van der Waals surface area (Å²) in [6.45, 7) is 6.63. The summed E-state index contributed by atoms with van der Waals surface area (Å²) in [5.41, 5.74) is 1.88. The maximum Gasteiger partial charge on any atom is 0.280 e. The molecule has 0 aliphatic carbocycles. The average molecular weight is 370 g/mol. The zero-order chi connectivity index (χ0) is 18.8. The second-order valence-corrected chi connectivity index (χ2v) is 6.82. The molecule has 0 saturated heterocycles. The number of amides is 1. The smallest absolute Gasteiger partial charge is 0.280 e. The number of nitrogens with one attached hydrogen (secondary N) is 1. The Balaban J connectivity index is 2.00. The first-order chi connectivity index (χ1) is 12.4. The van der Waals surface area contributed by atoms with Gasteiger partial charge in [-0.05, 0) is 48.7 Å². The molecule has 0 saturated carbocycles. The lowest BCUT2D eigenvalue weighted by molar-refractivity contribution is 0.101. The first-order valence-corrected chi connectivity index (χ1v) is 8.90. The van der Waals surface area contributed by atoms with Gasteiger partial charge in [-0.2, -0.15) is 5.10 Å². The lowest BCUT2D eigenvalue weighted by Gasteiger charge is -2.11. The molecule has 0 fully saturated rings. The number of rotatable bonds is 4. The summed E-state index contributed by atoms with van der Waals surface area (Å²) in [4.78, 5) is 25.4. The average Bonchev–Trinajstić information content (AvgIpc) is 2.62. The van der Waals surface area contributed by atoms with Gasteiger partial charge in [0.25, 0.3) is 5.91 Å². The fraction of sp³-hybridized carbons (Fsp3) is 0.250. The minimum Gasteiger partial charge on any atom is -0.320 e. The molecule has 0 unspecified atom stereocenters. The van der Waals surface area contributed by atoms with E-state index in [0.29, 0.717) is 34.1 Å². The number of fused-ring (bicyclic) bond motifs is 1. The highest BCUT2D eigenvalue weighted by molar-refractivity contribution is 6.31. The van der Waals surface area contributed by atoms with Crippen LogP contribution in [0.4, 0.5) is 5.69 Å². The van der Waals surface area contributed by atoms with Crippen molar-refractivity contribution < 1.29 is 4.79 Å². The number of aromatic nitrogens is 2. The van der Waals surface area contributed by atoms with Gasteiger partial charge in [-0.25, -0.2) is 0 Å². The number of carbonyl (C=O) groups excluding carboxylic acids is 1. The van der Waals surface area contributed by atoms with E-state index in [1.54, 1.807) is 22.9 Å². The minimum absolute atomic E-state index is 0.144. The number of hydrogen-bond acceptors (Lipinski definition) is 3. The quantitative estimate of drug-likeness (QED) is 0.739. The zero-order valence-electron chi connectivity index (χ0n) is 14.9. The Labute approximate surface area is 156 Å². The molecule has 0 spiro atoms. The minimum atomic E-state index is -0.531. The maximum atomic E-state index is 12.7. The molecule has 0 radical (unpaired) electrons. The van der Waals surface area contributed by atoms with Crippen LogP contribution < -0.4 is 10.7 Å². The summed E-state index contributed by atoms with van der Waals surface area (Å²) in [5.74, 6) is -0.125. The van der Waals surface area contributed by atoms with Gasteiger partial charge < -0.3 is 5.32 Å². The summed E-state index contributed by atoms with van der Waals surface area (Å²) < 4.78 is 1.63. The Morgan fingerprint density at radius 1 is 1.19 bits per heavy atom. The van der Waals surface area contributed by atoms with Crippen LogP contribution in [0, 0.1) is 0 Å². The van der Waals surface area contributed by atoms with Gasteiger partial charge in [-0.3, -0.25) is 14.3 Å². The Hall–Kier alpha value is -2.66. The first-order valence-electron chi connectivity index (χ1n) is 8.52. The molecule has 1 amide bonds. The van der Waals surface area contributed by atoms with Crippen molar-refractivity contribution in [1.82, 2.24) is 9.78 Å². The van der Waals surface area contributed by atoms with Crippen molar-refractivity contribution in [3.63, 3.8) is 0 Å². The van der Waals surface area contributed by atoms with Gasteiger partial charge in [0, 0.05) is 17.3 Å². The summed E-state index contributed by atoms with van der Waals surface area (Å²) in [6, 6.07) is 12.6. The van der Waals surface area contributed by atoms with E-state index in [1.165, 1.54) is 5.56 Å². The molecule has 1 aromatic heterocycles. The fourth-order valence-electron chi connectivity index (χ4n) is 2.79. The molecule has 6 heteroatoms. The Kier molecular flexibility index (Phi) is 5.09. The van der Waals surface area contributed by atoms with Gasteiger partial charge in [0.2, 0.25) is 5.43 Å². The van der Waals surface area contributed by atoms with Crippen LogP contribution in [-0.2, 0) is 6.54 Å². The SMILES string of the molecule is CCn1nc(C(=O)Nc2ccc(C(C)C)cc2)c(=O)c2cc(Cl)ccc21. The summed E-state index contributed by atoms with van der Waals surface area (Å²) in [7, 11) is 0. The maximum absolute atomic E-state index is 12.7. The van der Waals surface area contributed by atoms with Gasteiger partial charge in [0.1, 0.15) is 0 Å². The van der Waals surface area contributed by atoms with Crippen LogP contribution >= 0.6 is 11.6 Å². The highest BCUT2D eigenvalue weighted by Gasteiger charge is 2.17. The predicted octanol–water partition coefficient (Wildman–Crippen LogP) is 4.45. The van der Waals surface area contributed by atoms with Crippen LogP contribution in [-0.4, -0.2) is 15.7 Å². The van der Waals surface area contributed by atoms with Gasteiger partial charge >= 0.3 is 0 Å². The topological polar surface area (TPSA) is 64.0 Å². The number of carbonyl (C=O) groups is 1. The van der Waals surface area contributed by atoms with Crippen molar-refractivity contribution in [3.8, 4) is 0 Å². The van der Waals surface area contributed by atoms with E-state index in [-0.39, 0.29) is 5.69 Å². The number of aryl methyl sites for hydroxylation is 1. The highest BCUT2D eigenvalue weighted by atomic mass is 35.5. The van der Waals surface area contributed by atoms with Gasteiger partial charge in [-0.15, -0.1) is 0 Å². The number of nitrogens with zero attached hydrogens (tertiary/aromatic N) is 2. The molecular weight excluding hydrogens is 350 g/mol. The second-order valence-electron chi connectivity index (χ2n) is 6.39. The molecule has 0 bridgehead atoms. The van der Waals surface area contributed by atoms with E-state index in [4.69, 9.17) is 11.6 Å². The van der Waals surface area contributed by atoms with Gasteiger partial charge in [0.05, 0.1) is 10.9 Å². The highest BCUT2D eigenvalue weighted by Crippen LogP contribution is 2.19. The third kappa shape index (κ3) is 3.48. The largest absolute Gasteiger partial charge is 0.320 e. The molecule has 3 rings (SSSR count). The Morgan fingerprint density at radius 3 is 2.50 bits per heavy atom. The molecule has 0 aliphatic rings. The molecule has 134 valence electrons. The van der Waals surface area contributed by atoms with Crippen molar-refractivity contribution in [1.29, 1.82) is 0 Å². The van der Waals surface area contributed by atoms with Crippen molar-refractivity contribution >= 4 is 34.1 Å². The number of halogens is 1. The summed E-state index contributed by atoms with van der Waals surface area (Å²) in [5, 5.41) is 7.82. The van der Waals surface area contributed by atoms with Crippen molar-refractivity contribution in [2.45, 2.75) is 33.2 Å². The van der Waals surface area contributed by atoms with Crippen molar-refractivity contribution in [3.05, 3.63) is 69.0 Å². The third-order valence-corrected chi connectivity index (χ3v) is 4.50. The molecule has 26 heavy (non-hydrogen) atoms. The molecule has 0 aliphatic heterocycles. The van der Waals surface area contributed by atoms with E-state index in [9.17, 15) is 9.59 Å². The van der Waals surface area contributed by atoms with Crippen LogP contribution in [0.3, 0.4) is 0 Å². The third-order valence-electron chi connectivity index (χ3n) is 4.27. The van der Waals surface area contributed by atoms with E-state index < -0.39 is 11.3 Å². The molecule has 1 heterocycles. The van der Waals surface area contributed by atoms with E-state index in [1.807, 2.05) is 31.2 Å². The summed E-state index contributed by atoms with van der Waals surface area (Å²) in [6.07, 6.45) is 0. The van der Waals surface area contributed by atoms with Gasteiger partial charge in [0.15, 0.2) is 5.69 Å². The lowest BCUT2D eigenvalue weighted by Crippen LogP contribution is -2.27. The number of benzene rings is 2. The molecule has 3 aromatic rings. The standard InChI is InChI=1S/C20H20ClN3O2/c1-4-24-17-10-7-14(21)11-16(17)19(25)18(23-24)20(26)22-15-8-5-13(6-9-15)12(2)3/h5-12H,4H2,1-3H3,(H,22,26). The monoisotopic (exact) mass is 369 g/mol.